The number of likely N-dealkylation sites (tertiary alicyclic amines) is 3. The predicted octanol–water partition coefficient (Wildman–Crippen LogP) is 12.4. The average molecular weight is 2060 g/mol. The number of nitrogens with one attached hydrogen (secondary N) is 2. The smallest absolute Gasteiger partial charge is 0.411 e. The minimum atomic E-state index is -2.23. The highest BCUT2D eigenvalue weighted by Gasteiger charge is 2.70. The summed E-state index contributed by atoms with van der Waals surface area (Å²) < 4.78 is 75.3. The number of ether oxygens (including phenoxy) is 7. The first kappa shape index (κ1) is 118. The summed E-state index contributed by atoms with van der Waals surface area (Å²) in [6, 6.07) is 49.7. The van der Waals surface area contributed by atoms with Crippen LogP contribution in [0, 0.1) is 76.6 Å². The van der Waals surface area contributed by atoms with Crippen molar-refractivity contribution in [2.24, 2.45) is 69.9 Å². The van der Waals surface area contributed by atoms with Crippen molar-refractivity contribution in [1.29, 1.82) is 0 Å². The molecule has 0 spiro atoms. The van der Waals surface area contributed by atoms with E-state index >= 15 is 0 Å². The first-order chi connectivity index (χ1) is 69.2. The number of rotatable bonds is 17. The topological polar surface area (TPSA) is 471 Å². The number of amides is 5. The number of aliphatic carboxylic acids is 1. The van der Waals surface area contributed by atoms with Gasteiger partial charge in [-0.25, -0.2) is 37.1 Å². The molecule has 14 aliphatic rings. The lowest BCUT2D eigenvalue weighted by Crippen LogP contribution is -2.53. The van der Waals surface area contributed by atoms with E-state index in [0.29, 0.717) is 83.3 Å². The highest BCUT2D eigenvalue weighted by Crippen LogP contribution is 2.67. The van der Waals surface area contributed by atoms with Gasteiger partial charge in [-0.15, -0.1) is 0 Å². The highest BCUT2D eigenvalue weighted by molar-refractivity contribution is 7.59. The number of imide groups is 1. The third-order valence-corrected chi connectivity index (χ3v) is 28.5. The van der Waals surface area contributed by atoms with E-state index in [1.165, 1.54) is 89.2 Å². The summed E-state index contributed by atoms with van der Waals surface area (Å²) in [5.41, 5.74) is 8.66. The lowest BCUT2D eigenvalue weighted by atomic mass is 9.94. The number of benzene rings is 6. The average Bonchev–Trinajstić information content (AvgIpc) is 1.55. The van der Waals surface area contributed by atoms with E-state index in [9.17, 15) is 75.8 Å². The fourth-order valence-corrected chi connectivity index (χ4v) is 21.6. The summed E-state index contributed by atoms with van der Waals surface area (Å²) in [4.78, 5) is 151. The molecule has 7 unspecified atom stereocenters. The second-order valence-corrected chi connectivity index (χ2v) is 38.2. The van der Waals surface area contributed by atoms with Crippen molar-refractivity contribution >= 4 is 85.2 Å². The van der Waals surface area contributed by atoms with Crippen LogP contribution in [0.1, 0.15) is 201 Å². The number of allylic oxidation sites excluding steroid dienone is 4. The molecule has 147 heavy (non-hydrogen) atoms. The van der Waals surface area contributed by atoms with Gasteiger partial charge in [0.1, 0.15) is 53.0 Å². The number of carboxylic acids is 1. The number of carbonyl (C=O) groups excluding carboxylic acids is 10. The van der Waals surface area contributed by atoms with Gasteiger partial charge in [0, 0.05) is 99.4 Å². The van der Waals surface area contributed by atoms with Gasteiger partial charge in [0.2, 0.25) is 5.43 Å². The van der Waals surface area contributed by atoms with Crippen LogP contribution in [0.25, 0.3) is 0 Å². The molecule has 8 bridgehead atoms. The Kier molecular flexibility index (Phi) is 42.4. The Morgan fingerprint density at radius 3 is 1.47 bits per heavy atom. The summed E-state index contributed by atoms with van der Waals surface area (Å²) in [6.07, 6.45) is 19.9. The molecular formula is C109H136F3N9O25S. The lowest BCUT2D eigenvalue weighted by molar-refractivity contribution is -0.174. The van der Waals surface area contributed by atoms with E-state index in [-0.39, 0.29) is 123 Å². The van der Waals surface area contributed by atoms with Crippen LogP contribution in [0.3, 0.4) is 0 Å². The Labute approximate surface area is 859 Å². The summed E-state index contributed by atoms with van der Waals surface area (Å²) >= 11 is 0. The molecule has 38 heteroatoms. The second-order valence-electron chi connectivity index (χ2n) is 38.2. The second kappa shape index (κ2) is 53.0. The first-order valence-corrected chi connectivity index (χ1v) is 48.1. The maximum atomic E-state index is 13.8. The number of fused-ring (bicyclic) bond motifs is 22. The van der Waals surface area contributed by atoms with Crippen LogP contribution in [0.15, 0.2) is 210 Å². The van der Waals surface area contributed by atoms with E-state index in [0.717, 1.165) is 63.0 Å². The quantitative estimate of drug-likeness (QED) is 0.0102. The Morgan fingerprint density at radius 1 is 0.558 bits per heavy atom. The highest BCUT2D eigenvalue weighted by atomic mass is 32.1. The van der Waals surface area contributed by atoms with Crippen molar-refractivity contribution in [3.8, 4) is 5.75 Å². The number of aromatic hydroxyl groups is 1. The molecule has 21 rings (SSSR count). The minimum Gasteiger partial charge on any atom is -0.503 e. The fraction of sp³-hybridized carbons (Fsp3) is 0.459. The summed E-state index contributed by atoms with van der Waals surface area (Å²) in [5.74, 6) is -4.05. The Hall–Kier alpha value is -13.1. The number of esters is 5. The maximum Gasteiger partial charge on any atom is 0.411 e. The Bertz CT molecular complexity index is 5850. The van der Waals surface area contributed by atoms with Crippen LogP contribution < -0.4 is 21.8 Å². The van der Waals surface area contributed by atoms with Crippen molar-refractivity contribution in [1.82, 2.24) is 34.8 Å². The molecule has 7 heterocycles. The molecule has 8 aliphatic carbocycles. The Balaban J connectivity index is 0.000000189. The van der Waals surface area contributed by atoms with Crippen LogP contribution in [0.4, 0.5) is 18.0 Å². The van der Waals surface area contributed by atoms with Crippen LogP contribution in [0.2, 0.25) is 0 Å². The van der Waals surface area contributed by atoms with Crippen molar-refractivity contribution in [3.63, 3.8) is 0 Å². The van der Waals surface area contributed by atoms with Crippen LogP contribution in [-0.2, 0) is 75.0 Å². The molecule has 6 saturated carbocycles. The van der Waals surface area contributed by atoms with E-state index in [4.69, 9.17) is 50.2 Å². The number of nitrogens with zero attached hydrogens (tertiary/aromatic N) is 6. The fourth-order valence-electron chi connectivity index (χ4n) is 21.6. The number of piperidine rings is 3. The molecule has 4 saturated heterocycles. The molecule has 23 atom stereocenters. The van der Waals surface area contributed by atoms with Gasteiger partial charge in [-0.2, -0.15) is 13.5 Å². The third-order valence-electron chi connectivity index (χ3n) is 28.5. The number of aliphatic hydroxyl groups excluding tert-OH is 3. The normalized spacial score (nSPS) is 25.4. The number of pyridine rings is 1. The van der Waals surface area contributed by atoms with Gasteiger partial charge in [0.05, 0.1) is 58.8 Å². The largest absolute Gasteiger partial charge is 0.503 e. The standard InChI is InChI=1S/C22H18F3N3O4.C17H21NO2.C16H19NO2.C14H21NO4.C11H13NO2.C8H5NO2.C8H11N.C5H6.C4H8O4.C2H4O4.CH4O.CH4.H2S/c23-8-1-14(24)12(15(25)2-8)5-26-21(31)13-6-27-7-17-11-4-16(10-3-9(10)11)28(17)22(32)18(27)20(30)19(13)29;1-10(11-6-4-3-5-7-11)18-15-9-14(12-8-13(12)15)16(18)17(19)20-2;1-11(12-6-4-3-5-7-12)17-14-9-8-13(10-14)15(17)16(18)19-2;1-14(2,3)19-13(17)15-10-6-9(7-5-8(7)10)11(15)12(16)18-4;1-9(12-8-11(13)14-2)10-6-4-3-5-7-10;10-7-5-3-1-2-4-6(5)8(11)9-7;1-7(9)8-5-3-2-4-6-8;1-2-4-5-3-1;1-7-3(5)4(6)8-2;3-1(4)2(5)6;1-2;;/h1-2,6,9-11,16-17,30H,3-5,7H2,(H,26,31);3-7,10,12-16H,8-9H2,1-2H3;3-9,11,13-15H,10H2,1-2H3;7-11H,5-6H2,1-4H3;3-9H,1-2H3;1-4H,(H,9,10,11);2-7H,9H2,1H3;1-4H,5H2;3,5H,1-2H3;1,3-4H,(H,5,6);2H,1H3;1H4;1H2/t9-,10+,11?,16?,17+;10-,12+,13-,14?,15?,16+;11-,13+,14-,15+;7-,8+,9?,10?,11-;9-;;7-;;;;;;/m10010.0....../s1. The number of aliphatic hydroxyl groups is 4. The van der Waals surface area contributed by atoms with Crippen molar-refractivity contribution < 1.29 is 130 Å². The number of carbonyl (C=O) groups is 11. The third kappa shape index (κ3) is 28.1. The Morgan fingerprint density at radius 2 is 1.01 bits per heavy atom. The molecule has 10 N–H and O–H groups in total. The number of hydrogen-bond donors (Lipinski definition) is 9. The van der Waals surface area contributed by atoms with Crippen LogP contribution in [-0.4, -0.2) is 243 Å². The van der Waals surface area contributed by atoms with Crippen molar-refractivity contribution in [2.75, 3.05) is 49.8 Å². The molecule has 1 aromatic heterocycles. The molecule has 34 nitrogen and oxygen atoms in total. The monoisotopic (exact) mass is 2060 g/mol. The number of halogens is 3. The lowest BCUT2D eigenvalue weighted by Gasteiger charge is -2.40. The van der Waals surface area contributed by atoms with Gasteiger partial charge in [-0.1, -0.05) is 177 Å². The molecule has 5 amide bonds. The van der Waals surface area contributed by atoms with Gasteiger partial charge >= 0.3 is 41.9 Å². The zero-order valence-corrected chi connectivity index (χ0v) is 84.9. The summed E-state index contributed by atoms with van der Waals surface area (Å²) in [6.45, 7) is 13.6. The van der Waals surface area contributed by atoms with E-state index < -0.39 is 100 Å². The molecule has 7 aromatic rings. The van der Waals surface area contributed by atoms with Gasteiger partial charge in [0.25, 0.3) is 36.2 Å². The maximum absolute atomic E-state index is 13.8. The summed E-state index contributed by atoms with van der Waals surface area (Å²) in [7, 11) is 9.09. The molecule has 794 valence electrons. The van der Waals surface area contributed by atoms with Gasteiger partial charge in [0.15, 0.2) is 11.4 Å². The van der Waals surface area contributed by atoms with Gasteiger partial charge in [-0.05, 0) is 187 Å². The molecule has 10 fully saturated rings. The van der Waals surface area contributed by atoms with Crippen LogP contribution >= 0.6 is 13.5 Å². The molecule has 0 radical (unpaired) electrons. The minimum absolute atomic E-state index is 0. The number of nitrogens with two attached hydrogens (primary N) is 1. The van der Waals surface area contributed by atoms with E-state index in [1.54, 1.807) is 34.1 Å². The SMILES string of the molecule is C.C1=CCC=C1.CO.COC(=O)C(O)OC.COC(=O)C=N[C@@H](C)c1ccccc1.COC(=O)[C@H]1C2CC([C@H]3C[C@@H]23)N1C(=O)OC(C)(C)C.COC(=O)[C@H]1C2CC([C@H]3C[C@@H]23)N1[C@@H](C)c1ccccc1.COC(=O)[C@H]1[C@@H]2C=C[C@@H](C2)N1[C@@H](C)c1ccccc1.C[C@H](N)c1ccccc1.O=C(NCc1c(F)cc(F)cc1F)c1cn2c(c(O)c1=O)C(=O)N1C3CC([C@@H]4C[C@H]34)[C@@H]1C2.O=C(O)C(O)O.O=C1NC(=O)c2ccccc21.S. The summed E-state index contributed by atoms with van der Waals surface area (Å²) in [5, 5.41) is 53.0. The van der Waals surface area contributed by atoms with Crippen LogP contribution in [0.5, 0.6) is 5.75 Å². The molecule has 6 aliphatic heterocycles. The molecule has 6 aromatic carbocycles. The van der Waals surface area contributed by atoms with Crippen molar-refractivity contribution in [2.45, 2.75) is 211 Å². The first-order valence-electron chi connectivity index (χ1n) is 48.1. The number of aromatic nitrogens is 1. The predicted molar refractivity (Wildman–Crippen MR) is 542 cm³/mol. The van der Waals surface area contributed by atoms with E-state index in [1.807, 2.05) is 120 Å². The molecular weight excluding hydrogens is 1920 g/mol. The number of methoxy groups -OCH3 is 6. The zero-order valence-electron chi connectivity index (χ0n) is 83.9. The van der Waals surface area contributed by atoms with E-state index in [2.05, 4.69) is 126 Å². The van der Waals surface area contributed by atoms with Gasteiger partial charge < -0.3 is 84.3 Å². The number of aliphatic imine (C=N–C) groups is 1. The van der Waals surface area contributed by atoms with Crippen molar-refractivity contribution in [3.05, 3.63) is 278 Å². The van der Waals surface area contributed by atoms with Gasteiger partial charge in [-0.3, -0.25) is 58.6 Å². The zero-order chi connectivity index (χ0) is 106. The number of hydrogen-bond acceptors (Lipinski definition) is 28. The number of carboxylic acid groups (broad SMARTS) is 1.